The Hall–Kier alpha value is -2.31. The molecule has 25 heavy (non-hydrogen) atoms. The van der Waals surface area contributed by atoms with E-state index < -0.39 is 11.7 Å². The van der Waals surface area contributed by atoms with Crippen LogP contribution >= 0.6 is 0 Å². The van der Waals surface area contributed by atoms with Crippen LogP contribution in [0.15, 0.2) is 11.2 Å². The molecule has 2 N–H and O–H groups in total. The summed E-state index contributed by atoms with van der Waals surface area (Å²) in [6.07, 6.45) is 5.68. The van der Waals surface area contributed by atoms with Gasteiger partial charge >= 0.3 is 6.09 Å². The van der Waals surface area contributed by atoms with Gasteiger partial charge in [-0.3, -0.25) is 0 Å². The number of rotatable bonds is 2. The maximum Gasteiger partial charge on any atom is 0.433 e. The van der Waals surface area contributed by atoms with Crippen molar-refractivity contribution in [2.75, 3.05) is 30.3 Å². The number of nitrogen functional groups attached to an aromatic ring is 1. The number of nitrogens with two attached hydrogens (primary N) is 1. The van der Waals surface area contributed by atoms with Crippen LogP contribution in [0.2, 0.25) is 0 Å². The van der Waals surface area contributed by atoms with Gasteiger partial charge < -0.3 is 20.1 Å². The lowest BCUT2D eigenvalue weighted by Gasteiger charge is -2.34. The average molecular weight is 346 g/mol. The molecule has 0 aliphatic carbocycles. The molecule has 7 heteroatoms. The summed E-state index contributed by atoms with van der Waals surface area (Å²) >= 11 is 0. The van der Waals surface area contributed by atoms with Crippen LogP contribution in [0.3, 0.4) is 0 Å². The fraction of sp³-hybridized carbons (Fsp3) is 0.611. The maximum absolute atomic E-state index is 11.8. The summed E-state index contributed by atoms with van der Waals surface area (Å²) in [4.78, 5) is 22.3. The second-order valence-corrected chi connectivity index (χ2v) is 7.55. The molecule has 2 aliphatic heterocycles. The molecule has 0 aromatic carbocycles. The van der Waals surface area contributed by atoms with Gasteiger partial charge in [-0.05, 0) is 33.6 Å². The summed E-state index contributed by atoms with van der Waals surface area (Å²) in [5.41, 5.74) is 8.45. The number of hydrogen-bond acceptors (Lipinski definition) is 6. The first-order chi connectivity index (χ1) is 11.8. The van der Waals surface area contributed by atoms with E-state index in [4.69, 9.17) is 15.2 Å². The molecule has 136 valence electrons. The number of pyridine rings is 1. The van der Waals surface area contributed by atoms with Crippen molar-refractivity contribution in [3.8, 4) is 5.88 Å². The van der Waals surface area contributed by atoms with Crippen molar-refractivity contribution >= 4 is 23.7 Å². The highest BCUT2D eigenvalue weighted by atomic mass is 16.6. The third kappa shape index (κ3) is 4.21. The number of fused-ring (bicyclic) bond motifs is 1. The van der Waals surface area contributed by atoms with Crippen LogP contribution in [0.5, 0.6) is 5.88 Å². The van der Waals surface area contributed by atoms with Crippen LogP contribution in [0.25, 0.3) is 0 Å². The zero-order valence-corrected chi connectivity index (χ0v) is 15.1. The topological polar surface area (TPSA) is 90.0 Å². The van der Waals surface area contributed by atoms with Gasteiger partial charge in [0.2, 0.25) is 5.88 Å². The second-order valence-electron chi connectivity index (χ2n) is 7.55. The summed E-state index contributed by atoms with van der Waals surface area (Å²) in [5.74, 6) is 0.876. The smallest absolute Gasteiger partial charge is 0.433 e. The lowest BCUT2D eigenvalue weighted by molar-refractivity contribution is 0.0604. The van der Waals surface area contributed by atoms with Crippen LogP contribution < -0.4 is 15.4 Å². The number of aliphatic imine (C=N–C) groups is 1. The van der Waals surface area contributed by atoms with Crippen molar-refractivity contribution in [2.24, 2.45) is 10.9 Å². The fourth-order valence-electron chi connectivity index (χ4n) is 3.30. The van der Waals surface area contributed by atoms with Gasteiger partial charge in [-0.2, -0.15) is 4.99 Å². The molecule has 1 saturated heterocycles. The van der Waals surface area contributed by atoms with Crippen LogP contribution in [0.1, 0.15) is 39.2 Å². The van der Waals surface area contributed by atoms with E-state index in [0.717, 1.165) is 43.6 Å². The Bertz CT molecular complexity index is 682. The Morgan fingerprint density at radius 1 is 1.52 bits per heavy atom. The summed E-state index contributed by atoms with van der Waals surface area (Å²) in [5, 5.41) is 0. The number of carbonyl (C=O) groups excluding carboxylic acids is 1. The molecule has 1 aromatic rings. The second kappa shape index (κ2) is 6.90. The number of anilines is 2. The number of aromatic nitrogens is 1. The van der Waals surface area contributed by atoms with Crippen LogP contribution in [-0.4, -0.2) is 42.6 Å². The molecule has 0 spiro atoms. The minimum absolute atomic E-state index is 0.187. The van der Waals surface area contributed by atoms with Gasteiger partial charge in [0, 0.05) is 37.2 Å². The van der Waals surface area contributed by atoms with Crippen LogP contribution in [0, 0.1) is 5.92 Å². The van der Waals surface area contributed by atoms with Crippen molar-refractivity contribution in [3.63, 3.8) is 0 Å². The van der Waals surface area contributed by atoms with E-state index >= 15 is 0 Å². The first-order valence-corrected chi connectivity index (χ1v) is 8.76. The Labute approximate surface area is 148 Å². The summed E-state index contributed by atoms with van der Waals surface area (Å²) in [7, 11) is 0. The Balaban J connectivity index is 1.70. The minimum Gasteiger partial charge on any atom is -0.477 e. The van der Waals surface area contributed by atoms with Crippen molar-refractivity contribution in [2.45, 2.75) is 45.6 Å². The third-order valence-electron chi connectivity index (χ3n) is 4.29. The zero-order valence-electron chi connectivity index (χ0n) is 15.1. The van der Waals surface area contributed by atoms with E-state index in [0.29, 0.717) is 18.2 Å². The molecular formula is C18H26N4O3. The minimum atomic E-state index is -0.539. The van der Waals surface area contributed by atoms with E-state index in [9.17, 15) is 4.79 Å². The maximum atomic E-state index is 11.8. The van der Waals surface area contributed by atoms with E-state index in [1.807, 2.05) is 20.8 Å². The molecular weight excluding hydrogens is 320 g/mol. The van der Waals surface area contributed by atoms with Gasteiger partial charge in [-0.1, -0.05) is 0 Å². The molecule has 2 aliphatic rings. The largest absolute Gasteiger partial charge is 0.477 e. The quantitative estimate of drug-likeness (QED) is 0.828. The molecule has 1 atom stereocenters. The highest BCUT2D eigenvalue weighted by molar-refractivity contribution is 5.81. The molecule has 0 bridgehead atoms. The summed E-state index contributed by atoms with van der Waals surface area (Å²) in [6, 6.07) is 0. The van der Waals surface area contributed by atoms with Crippen molar-refractivity contribution in [1.29, 1.82) is 0 Å². The van der Waals surface area contributed by atoms with Gasteiger partial charge in [-0.25, -0.2) is 9.78 Å². The Morgan fingerprint density at radius 2 is 2.32 bits per heavy atom. The number of ether oxygens (including phenoxy) is 2. The first kappa shape index (κ1) is 17.5. The number of amides is 1. The fourth-order valence-corrected chi connectivity index (χ4v) is 3.30. The van der Waals surface area contributed by atoms with Gasteiger partial charge in [0.25, 0.3) is 0 Å². The Kier molecular flexibility index (Phi) is 4.83. The summed E-state index contributed by atoms with van der Waals surface area (Å²) in [6.45, 7) is 7.84. The zero-order chi connectivity index (χ0) is 18.0. The highest BCUT2D eigenvalue weighted by Crippen LogP contribution is 2.38. The molecule has 3 heterocycles. The first-order valence-electron chi connectivity index (χ1n) is 8.76. The lowest BCUT2D eigenvalue weighted by atomic mass is 9.97. The van der Waals surface area contributed by atoms with E-state index in [2.05, 4.69) is 14.9 Å². The molecule has 7 nitrogen and oxygen atoms in total. The van der Waals surface area contributed by atoms with Crippen LogP contribution in [0.4, 0.5) is 16.2 Å². The van der Waals surface area contributed by atoms with Crippen LogP contribution in [-0.2, 0) is 11.2 Å². The van der Waals surface area contributed by atoms with E-state index in [1.165, 1.54) is 0 Å². The van der Waals surface area contributed by atoms with Crippen molar-refractivity contribution < 1.29 is 14.3 Å². The molecule has 1 unspecified atom stereocenters. The predicted octanol–water partition coefficient (Wildman–Crippen LogP) is 2.82. The SMILES string of the molecule is CC(C)(C)OC(=O)N=CC1CCCN(c2c(N)cnc3c2CCO3)C1. The number of carbonyl (C=O) groups is 1. The van der Waals surface area contributed by atoms with E-state index in [-0.39, 0.29) is 5.92 Å². The van der Waals surface area contributed by atoms with Crippen molar-refractivity contribution in [1.82, 2.24) is 4.98 Å². The molecule has 0 radical (unpaired) electrons. The molecule has 1 fully saturated rings. The van der Waals surface area contributed by atoms with Gasteiger partial charge in [-0.15, -0.1) is 0 Å². The third-order valence-corrected chi connectivity index (χ3v) is 4.29. The number of piperidine rings is 1. The highest BCUT2D eigenvalue weighted by Gasteiger charge is 2.27. The lowest BCUT2D eigenvalue weighted by Crippen LogP contribution is -2.37. The molecule has 1 amide bonds. The predicted molar refractivity (Wildman–Crippen MR) is 97.5 cm³/mol. The molecule has 3 rings (SSSR count). The Morgan fingerprint density at radius 3 is 3.08 bits per heavy atom. The monoisotopic (exact) mass is 346 g/mol. The summed E-state index contributed by atoms with van der Waals surface area (Å²) < 4.78 is 10.8. The van der Waals surface area contributed by atoms with E-state index in [1.54, 1.807) is 12.4 Å². The number of nitrogens with zero attached hydrogens (tertiary/aromatic N) is 3. The van der Waals surface area contributed by atoms with Gasteiger partial charge in [0.1, 0.15) is 5.60 Å². The van der Waals surface area contributed by atoms with Gasteiger partial charge in [0.05, 0.1) is 24.2 Å². The normalized spacial score (nSPS) is 20.4. The molecule has 0 saturated carbocycles. The standard InChI is InChI=1S/C18H26N4O3/c1-18(2,3)25-17(23)21-9-12-5-4-7-22(11-12)15-13-6-8-24-16(13)20-10-14(15)19/h9-10,12H,4-8,11,19H2,1-3H3. The molecule has 1 aromatic heterocycles. The van der Waals surface area contributed by atoms with Gasteiger partial charge in [0.15, 0.2) is 0 Å². The average Bonchev–Trinajstić information content (AvgIpc) is 3.00. The number of hydrogen-bond donors (Lipinski definition) is 1. The van der Waals surface area contributed by atoms with Crippen molar-refractivity contribution in [3.05, 3.63) is 11.8 Å².